The van der Waals surface area contributed by atoms with Crippen molar-refractivity contribution in [2.45, 2.75) is 104 Å². The molecule has 0 radical (unpaired) electrons. The molecule has 1 saturated carbocycles. The van der Waals surface area contributed by atoms with Crippen molar-refractivity contribution in [1.82, 2.24) is 0 Å². The van der Waals surface area contributed by atoms with E-state index in [9.17, 15) is 24.3 Å². The van der Waals surface area contributed by atoms with Crippen LogP contribution in [0.25, 0.3) is 0 Å². The van der Waals surface area contributed by atoms with Crippen LogP contribution < -0.4 is 15.2 Å². The van der Waals surface area contributed by atoms with E-state index in [0.29, 0.717) is 5.56 Å². The highest BCUT2D eigenvalue weighted by Crippen LogP contribution is 2.37. The van der Waals surface area contributed by atoms with E-state index in [1.165, 1.54) is 18.2 Å². The van der Waals surface area contributed by atoms with Gasteiger partial charge in [-0.25, -0.2) is 9.59 Å². The fourth-order valence-electron chi connectivity index (χ4n) is 4.43. The second kappa shape index (κ2) is 13.8. The molecule has 0 aromatic heterocycles. The summed E-state index contributed by atoms with van der Waals surface area (Å²) in [7, 11) is 0. The first-order valence-corrected chi connectivity index (χ1v) is 13.6. The van der Waals surface area contributed by atoms with Gasteiger partial charge in [0.25, 0.3) is 0 Å². The molecule has 11 heteroatoms. The second-order valence-electron chi connectivity index (χ2n) is 12.2. The van der Waals surface area contributed by atoms with Gasteiger partial charge in [0.1, 0.15) is 17.2 Å². The molecule has 0 heterocycles. The van der Waals surface area contributed by atoms with Crippen molar-refractivity contribution < 1.29 is 48.0 Å². The Labute approximate surface area is 235 Å². The molecule has 2 rings (SSSR count). The molecule has 1 aliphatic rings. The normalized spacial score (nSPS) is 16.7. The summed E-state index contributed by atoms with van der Waals surface area (Å²) in [6.07, 6.45) is 2.49. The Kier molecular flexibility index (Phi) is 11.4. The average Bonchev–Trinajstić information content (AvgIpc) is 2.82. The van der Waals surface area contributed by atoms with E-state index in [0.717, 1.165) is 32.1 Å². The van der Waals surface area contributed by atoms with E-state index in [1.54, 1.807) is 48.5 Å². The minimum atomic E-state index is -1.38. The van der Waals surface area contributed by atoms with Crippen LogP contribution in [-0.2, 0) is 23.8 Å². The smallest absolute Gasteiger partial charge is 0.480 e. The monoisotopic (exact) mass is 565 g/mol. The Morgan fingerprint density at radius 2 is 1.43 bits per heavy atom. The van der Waals surface area contributed by atoms with E-state index in [2.05, 4.69) is 0 Å². The van der Waals surface area contributed by atoms with Crippen LogP contribution in [0.5, 0.6) is 11.5 Å². The number of nitrogens with two attached hydrogens (primary N) is 1. The molecule has 224 valence electrons. The lowest BCUT2D eigenvalue weighted by Crippen LogP contribution is -2.41. The van der Waals surface area contributed by atoms with Crippen molar-refractivity contribution in [2.75, 3.05) is 6.61 Å². The molecule has 1 aromatic carbocycles. The van der Waals surface area contributed by atoms with E-state index in [-0.39, 0.29) is 30.0 Å². The molecule has 0 aliphatic heterocycles. The lowest BCUT2D eigenvalue weighted by molar-refractivity contribution is -0.151. The summed E-state index contributed by atoms with van der Waals surface area (Å²) in [5.41, 5.74) is 4.75. The van der Waals surface area contributed by atoms with Gasteiger partial charge in [-0.1, -0.05) is 32.3 Å². The fraction of sp³-hybridized carbons (Fsp3) is 0.655. The number of carboxylic acids is 1. The number of carbonyl (C=O) groups is 4. The van der Waals surface area contributed by atoms with Gasteiger partial charge in [0, 0.05) is 5.92 Å². The van der Waals surface area contributed by atoms with Gasteiger partial charge in [-0.3, -0.25) is 9.59 Å². The summed E-state index contributed by atoms with van der Waals surface area (Å²) < 4.78 is 26.7. The summed E-state index contributed by atoms with van der Waals surface area (Å²) in [6.45, 7) is 11.6. The minimum absolute atomic E-state index is 0.0562. The fourth-order valence-corrected chi connectivity index (χ4v) is 4.43. The zero-order chi connectivity index (χ0) is 30.3. The molecule has 0 saturated heterocycles. The van der Waals surface area contributed by atoms with Gasteiger partial charge in [-0.15, -0.1) is 0 Å². The Bertz CT molecular complexity index is 1050. The van der Waals surface area contributed by atoms with Crippen LogP contribution in [0.3, 0.4) is 0 Å². The third-order valence-corrected chi connectivity index (χ3v) is 6.23. The maximum absolute atomic E-state index is 12.6. The maximum atomic E-state index is 12.6. The first kappa shape index (κ1) is 32.9. The summed E-state index contributed by atoms with van der Waals surface area (Å²) in [5, 5.41) is 9.74. The molecule has 3 N–H and O–H groups in total. The van der Waals surface area contributed by atoms with Gasteiger partial charge in [-0.05, 0) is 78.0 Å². The lowest BCUT2D eigenvalue weighted by Gasteiger charge is -2.29. The van der Waals surface area contributed by atoms with Gasteiger partial charge in [-0.2, -0.15) is 0 Å². The number of benzene rings is 1. The number of rotatable bonds is 9. The average molecular weight is 566 g/mol. The summed E-state index contributed by atoms with van der Waals surface area (Å²) in [4.78, 5) is 49.4. The molecule has 0 amide bonds. The van der Waals surface area contributed by atoms with E-state index >= 15 is 0 Å². The summed E-state index contributed by atoms with van der Waals surface area (Å²) in [5.74, 6) is -3.46. The maximum Gasteiger partial charge on any atom is 0.514 e. The van der Waals surface area contributed by atoms with Gasteiger partial charge >= 0.3 is 24.2 Å². The standard InChI is InChI=1S/C29H43NO10/c1-17(16-36-25(33)18-11-9-8-10-12-18)22(23(30)24(31)32)19-13-14-20(37-26(34)39-28(2,3)4)21(15-19)38-27(35)40-29(5,6)7/h13-15,17-18,22-23H,8-12,16,30H2,1-7H3,(H,31,32)/t17?,22?,23-/m0/s1. The largest absolute Gasteiger partial charge is 0.514 e. The molecule has 1 aromatic rings. The number of aliphatic carboxylic acids is 1. The molecular formula is C29H43NO10. The number of carbonyl (C=O) groups excluding carboxylic acids is 3. The molecule has 0 spiro atoms. The van der Waals surface area contributed by atoms with E-state index in [1.807, 2.05) is 0 Å². The molecule has 1 aliphatic carbocycles. The van der Waals surface area contributed by atoms with Gasteiger partial charge in [0.15, 0.2) is 11.5 Å². The third kappa shape index (κ3) is 10.7. The number of ether oxygens (including phenoxy) is 5. The highest BCUT2D eigenvalue weighted by Gasteiger charge is 2.34. The molecule has 0 bridgehead atoms. The Morgan fingerprint density at radius 3 is 1.93 bits per heavy atom. The van der Waals surface area contributed by atoms with Crippen molar-refractivity contribution in [1.29, 1.82) is 0 Å². The molecule has 11 nitrogen and oxygen atoms in total. The number of esters is 1. The van der Waals surface area contributed by atoms with Gasteiger partial charge < -0.3 is 34.5 Å². The second-order valence-corrected chi connectivity index (χ2v) is 12.2. The van der Waals surface area contributed by atoms with Crippen molar-refractivity contribution in [3.8, 4) is 11.5 Å². The van der Waals surface area contributed by atoms with Crippen molar-refractivity contribution in [3.05, 3.63) is 23.8 Å². The predicted molar refractivity (Wildman–Crippen MR) is 145 cm³/mol. The first-order chi connectivity index (χ1) is 18.5. The molecular weight excluding hydrogens is 522 g/mol. The first-order valence-electron chi connectivity index (χ1n) is 13.6. The number of hydrogen-bond donors (Lipinski definition) is 2. The van der Waals surface area contributed by atoms with E-state index in [4.69, 9.17) is 29.4 Å². The third-order valence-electron chi connectivity index (χ3n) is 6.23. The Morgan fingerprint density at radius 1 is 0.900 bits per heavy atom. The van der Waals surface area contributed by atoms with Crippen molar-refractivity contribution >= 4 is 24.2 Å². The molecule has 1 fully saturated rings. The van der Waals surface area contributed by atoms with Gasteiger partial charge in [0.05, 0.1) is 12.5 Å². The van der Waals surface area contributed by atoms with Crippen LogP contribution in [0, 0.1) is 11.8 Å². The zero-order valence-electron chi connectivity index (χ0n) is 24.5. The van der Waals surface area contributed by atoms with E-state index < -0.39 is 47.4 Å². The van der Waals surface area contributed by atoms with Crippen LogP contribution in [-0.4, -0.2) is 53.2 Å². The zero-order valence-corrected chi connectivity index (χ0v) is 24.5. The molecule has 3 atom stereocenters. The number of hydrogen-bond acceptors (Lipinski definition) is 10. The van der Waals surface area contributed by atoms with Crippen LogP contribution in [0.1, 0.15) is 92.1 Å². The quantitative estimate of drug-likeness (QED) is 0.219. The van der Waals surface area contributed by atoms with Crippen LogP contribution >= 0.6 is 0 Å². The molecule has 40 heavy (non-hydrogen) atoms. The number of carboxylic acid groups (broad SMARTS) is 1. The molecule has 2 unspecified atom stereocenters. The van der Waals surface area contributed by atoms with Crippen LogP contribution in [0.4, 0.5) is 9.59 Å². The summed E-state index contributed by atoms with van der Waals surface area (Å²) in [6, 6.07) is 2.84. The Hall–Kier alpha value is -3.34. The predicted octanol–water partition coefficient (Wildman–Crippen LogP) is 5.57. The summed E-state index contributed by atoms with van der Waals surface area (Å²) >= 11 is 0. The van der Waals surface area contributed by atoms with Crippen molar-refractivity contribution in [2.24, 2.45) is 17.6 Å². The highest BCUT2D eigenvalue weighted by molar-refractivity contribution is 5.75. The highest BCUT2D eigenvalue weighted by atomic mass is 16.8. The van der Waals surface area contributed by atoms with Crippen molar-refractivity contribution in [3.63, 3.8) is 0 Å². The Balaban J connectivity index is 2.37. The van der Waals surface area contributed by atoms with Crippen LogP contribution in [0.2, 0.25) is 0 Å². The van der Waals surface area contributed by atoms with Crippen LogP contribution in [0.15, 0.2) is 18.2 Å². The minimum Gasteiger partial charge on any atom is -0.480 e. The topological polar surface area (TPSA) is 161 Å². The SMILES string of the molecule is CC(COC(=O)C1CCCCC1)C(c1ccc(OC(=O)OC(C)(C)C)c(OC(=O)OC(C)(C)C)c1)[C@H](N)C(=O)O. The van der Waals surface area contributed by atoms with Gasteiger partial charge in [0.2, 0.25) is 0 Å². The lowest BCUT2D eigenvalue weighted by atomic mass is 9.82.